The first kappa shape index (κ1) is 6.84. The fraction of sp³-hybridized carbons (Fsp3) is 1.00. The Bertz CT molecular complexity index is 48.6. The van der Waals surface area contributed by atoms with Gasteiger partial charge in [-0.1, -0.05) is 0 Å². The molecule has 0 rings (SSSR count). The first-order valence-corrected chi connectivity index (χ1v) is 2.04. The molecule has 0 spiro atoms. The Morgan fingerprint density at radius 3 is 1.71 bits per heavy atom. The molecule has 0 unspecified atom stereocenters. The van der Waals surface area contributed by atoms with Crippen LogP contribution in [0.5, 0.6) is 0 Å². The second kappa shape index (κ2) is 2.23. The molecule has 0 aromatic rings. The lowest BCUT2D eigenvalue weighted by atomic mass is 10.3. The van der Waals surface area contributed by atoms with Crippen LogP contribution < -0.4 is 17.2 Å². The standard InChI is InChI=1S/C3H11N3O/c4-3(5,6)1-2-7/h7H,1-2,4-6H2. The molecule has 0 heterocycles. The minimum atomic E-state index is -1.20. The molecule has 0 aliphatic heterocycles. The molecule has 44 valence electrons. The van der Waals surface area contributed by atoms with Crippen molar-refractivity contribution in [3.63, 3.8) is 0 Å². The van der Waals surface area contributed by atoms with Gasteiger partial charge < -0.3 is 22.3 Å². The largest absolute Gasteiger partial charge is 0.396 e. The molecule has 7 N–H and O–H groups in total. The van der Waals surface area contributed by atoms with Crippen LogP contribution in [0.3, 0.4) is 0 Å². The van der Waals surface area contributed by atoms with Crippen LogP contribution in [0, 0.1) is 0 Å². The molecule has 0 saturated heterocycles. The third-order valence-electron chi connectivity index (χ3n) is 0.545. The van der Waals surface area contributed by atoms with Crippen molar-refractivity contribution in [3.05, 3.63) is 0 Å². The van der Waals surface area contributed by atoms with Gasteiger partial charge in [0, 0.05) is 13.0 Å². The highest BCUT2D eigenvalue weighted by atomic mass is 16.3. The van der Waals surface area contributed by atoms with Crippen LogP contribution >= 0.6 is 0 Å². The zero-order valence-corrected chi connectivity index (χ0v) is 4.09. The average molecular weight is 105 g/mol. The zero-order valence-electron chi connectivity index (χ0n) is 4.09. The monoisotopic (exact) mass is 105 g/mol. The molecule has 0 fully saturated rings. The van der Waals surface area contributed by atoms with Crippen molar-refractivity contribution < 1.29 is 5.11 Å². The fourth-order valence-electron chi connectivity index (χ4n) is 0.194. The first-order chi connectivity index (χ1) is 3.06. The molecule has 0 aliphatic carbocycles. The van der Waals surface area contributed by atoms with Gasteiger partial charge in [-0.2, -0.15) is 0 Å². The number of aliphatic hydroxyl groups excluding tert-OH is 1. The minimum absolute atomic E-state index is 0.0660. The summed E-state index contributed by atoms with van der Waals surface area (Å²) in [5.74, 6) is -1.20. The van der Waals surface area contributed by atoms with Crippen LogP contribution in [0.15, 0.2) is 0 Å². The van der Waals surface area contributed by atoms with Crippen molar-refractivity contribution in [3.8, 4) is 0 Å². The summed E-state index contributed by atoms with van der Waals surface area (Å²) in [6.07, 6.45) is 0.229. The Morgan fingerprint density at radius 1 is 1.29 bits per heavy atom. The van der Waals surface area contributed by atoms with E-state index < -0.39 is 5.79 Å². The molecular formula is C3H11N3O. The van der Waals surface area contributed by atoms with Crippen LogP contribution in [-0.4, -0.2) is 17.5 Å². The molecule has 0 aliphatic rings. The Morgan fingerprint density at radius 2 is 1.71 bits per heavy atom. The van der Waals surface area contributed by atoms with Crippen molar-refractivity contribution in [2.45, 2.75) is 12.2 Å². The van der Waals surface area contributed by atoms with Gasteiger partial charge in [0.05, 0.1) is 0 Å². The third-order valence-corrected chi connectivity index (χ3v) is 0.545. The second-order valence-corrected chi connectivity index (χ2v) is 1.59. The highest BCUT2D eigenvalue weighted by molar-refractivity contribution is 4.65. The minimum Gasteiger partial charge on any atom is -0.396 e. The number of nitrogens with two attached hydrogens (primary N) is 3. The van der Waals surface area contributed by atoms with E-state index in [4.69, 9.17) is 22.3 Å². The maximum absolute atomic E-state index is 8.16. The highest BCUT2D eigenvalue weighted by Gasteiger charge is 2.08. The van der Waals surface area contributed by atoms with E-state index in [0.29, 0.717) is 0 Å². The Kier molecular flexibility index (Phi) is 2.17. The topological polar surface area (TPSA) is 98.3 Å². The lowest BCUT2D eigenvalue weighted by Crippen LogP contribution is -2.58. The van der Waals surface area contributed by atoms with E-state index in [1.54, 1.807) is 0 Å². The van der Waals surface area contributed by atoms with Gasteiger partial charge in [0.2, 0.25) is 0 Å². The number of hydrogen-bond donors (Lipinski definition) is 4. The third kappa shape index (κ3) is 5.84. The predicted molar refractivity (Wildman–Crippen MR) is 27.0 cm³/mol. The van der Waals surface area contributed by atoms with Crippen molar-refractivity contribution in [2.75, 3.05) is 6.61 Å². The van der Waals surface area contributed by atoms with Gasteiger partial charge in [0.25, 0.3) is 0 Å². The molecule has 0 amide bonds. The summed E-state index contributed by atoms with van der Waals surface area (Å²) < 4.78 is 0. The van der Waals surface area contributed by atoms with E-state index in [-0.39, 0.29) is 13.0 Å². The van der Waals surface area contributed by atoms with Crippen molar-refractivity contribution in [2.24, 2.45) is 17.2 Å². The van der Waals surface area contributed by atoms with Gasteiger partial charge >= 0.3 is 0 Å². The molecule has 0 radical (unpaired) electrons. The Hall–Kier alpha value is -0.160. The van der Waals surface area contributed by atoms with E-state index in [0.717, 1.165) is 0 Å². The van der Waals surface area contributed by atoms with E-state index in [2.05, 4.69) is 0 Å². The predicted octanol–water partition coefficient (Wildman–Crippen LogP) is -2.10. The van der Waals surface area contributed by atoms with Crippen LogP contribution in [0.1, 0.15) is 6.42 Å². The molecule has 0 atom stereocenters. The molecule has 0 bridgehead atoms. The maximum Gasteiger partial charge on any atom is 0.118 e. The molecule has 4 nitrogen and oxygen atoms in total. The average Bonchev–Trinajstić information content (AvgIpc) is 1.30. The lowest BCUT2D eigenvalue weighted by Gasteiger charge is -2.15. The molecule has 7 heavy (non-hydrogen) atoms. The fourth-order valence-corrected chi connectivity index (χ4v) is 0.194. The van der Waals surface area contributed by atoms with Gasteiger partial charge in [-0.05, 0) is 0 Å². The number of aliphatic hydroxyl groups is 1. The zero-order chi connectivity index (χ0) is 5.91. The number of hydrogen-bond acceptors (Lipinski definition) is 4. The van der Waals surface area contributed by atoms with Crippen LogP contribution in [0.4, 0.5) is 0 Å². The normalized spacial score (nSPS) is 12.0. The van der Waals surface area contributed by atoms with Gasteiger partial charge in [-0.25, -0.2) is 0 Å². The Balaban J connectivity index is 3.15. The molecule has 0 aromatic heterocycles. The van der Waals surface area contributed by atoms with Crippen LogP contribution in [0.25, 0.3) is 0 Å². The summed E-state index contributed by atoms with van der Waals surface area (Å²) in [5, 5.41) is 8.16. The maximum atomic E-state index is 8.16. The van der Waals surface area contributed by atoms with Gasteiger partial charge in [-0.3, -0.25) is 0 Å². The van der Waals surface area contributed by atoms with Crippen LogP contribution in [0.2, 0.25) is 0 Å². The molecule has 4 heteroatoms. The van der Waals surface area contributed by atoms with E-state index >= 15 is 0 Å². The molecule has 0 saturated carbocycles. The van der Waals surface area contributed by atoms with Crippen molar-refractivity contribution >= 4 is 0 Å². The van der Waals surface area contributed by atoms with Gasteiger partial charge in [-0.15, -0.1) is 0 Å². The van der Waals surface area contributed by atoms with Crippen molar-refractivity contribution in [1.29, 1.82) is 0 Å². The molecule has 0 aromatic carbocycles. The van der Waals surface area contributed by atoms with Crippen molar-refractivity contribution in [1.82, 2.24) is 0 Å². The lowest BCUT2D eigenvalue weighted by molar-refractivity contribution is 0.243. The van der Waals surface area contributed by atoms with E-state index in [9.17, 15) is 0 Å². The van der Waals surface area contributed by atoms with Crippen LogP contribution in [-0.2, 0) is 0 Å². The number of rotatable bonds is 2. The van der Waals surface area contributed by atoms with E-state index in [1.807, 2.05) is 0 Å². The van der Waals surface area contributed by atoms with E-state index in [1.165, 1.54) is 0 Å². The first-order valence-electron chi connectivity index (χ1n) is 2.04. The summed E-state index contributed by atoms with van der Waals surface area (Å²) in [6, 6.07) is 0. The summed E-state index contributed by atoms with van der Waals surface area (Å²) in [5.41, 5.74) is 15.1. The SMILES string of the molecule is NC(N)(N)CCO. The smallest absolute Gasteiger partial charge is 0.118 e. The summed E-state index contributed by atoms with van der Waals surface area (Å²) in [4.78, 5) is 0. The highest BCUT2D eigenvalue weighted by Crippen LogP contribution is 1.82. The second-order valence-electron chi connectivity index (χ2n) is 1.59. The van der Waals surface area contributed by atoms with Gasteiger partial charge in [0.15, 0.2) is 0 Å². The quantitative estimate of drug-likeness (QED) is 0.302. The summed E-state index contributed by atoms with van der Waals surface area (Å²) in [7, 11) is 0. The Labute approximate surface area is 42.3 Å². The van der Waals surface area contributed by atoms with Gasteiger partial charge in [0.1, 0.15) is 5.79 Å². The molecular weight excluding hydrogens is 94.1 g/mol. The summed E-state index contributed by atoms with van der Waals surface area (Å²) >= 11 is 0. The summed E-state index contributed by atoms with van der Waals surface area (Å²) in [6.45, 7) is -0.0660.